The van der Waals surface area contributed by atoms with E-state index in [1.165, 1.54) is 15.8 Å². The van der Waals surface area contributed by atoms with Crippen molar-refractivity contribution in [1.29, 1.82) is 0 Å². The van der Waals surface area contributed by atoms with Crippen molar-refractivity contribution in [1.82, 2.24) is 4.98 Å². The Labute approximate surface area is 99.1 Å². The van der Waals surface area contributed by atoms with Crippen molar-refractivity contribution in [3.05, 3.63) is 40.9 Å². The van der Waals surface area contributed by atoms with E-state index in [2.05, 4.69) is 49.2 Å². The van der Waals surface area contributed by atoms with Crippen molar-refractivity contribution in [2.45, 2.75) is 13.8 Å². The predicted octanol–water partition coefficient (Wildman–Crippen LogP) is 4.36. The number of nitrogens with zero attached hydrogens (tertiary/aromatic N) is 1. The van der Waals surface area contributed by atoms with Gasteiger partial charge in [-0.3, -0.25) is 0 Å². The molecule has 2 heterocycles. The number of rotatable bonds is 0. The summed E-state index contributed by atoms with van der Waals surface area (Å²) in [6.07, 6.45) is 10.8. The molecule has 1 aliphatic carbocycles. The highest BCUT2D eigenvalue weighted by Crippen LogP contribution is 2.36. The third-order valence-electron chi connectivity index (χ3n) is 2.88. The second-order valence-electron chi connectivity index (χ2n) is 4.72. The molecule has 0 atom stereocenters. The van der Waals surface area contributed by atoms with Gasteiger partial charge in [0.2, 0.25) is 0 Å². The van der Waals surface area contributed by atoms with Crippen molar-refractivity contribution in [3.63, 3.8) is 0 Å². The molecule has 80 valence electrons. The van der Waals surface area contributed by atoms with Gasteiger partial charge in [-0.15, -0.1) is 11.3 Å². The average Bonchev–Trinajstić information content (AvgIpc) is 2.54. The molecule has 0 aliphatic heterocycles. The Hall–Kier alpha value is -1.41. The number of pyridine rings is 1. The summed E-state index contributed by atoms with van der Waals surface area (Å²) in [6.45, 7) is 4.44. The predicted molar refractivity (Wildman–Crippen MR) is 71.5 cm³/mol. The molecule has 0 amide bonds. The topological polar surface area (TPSA) is 12.9 Å². The van der Waals surface area contributed by atoms with Gasteiger partial charge < -0.3 is 0 Å². The maximum atomic E-state index is 4.40. The maximum absolute atomic E-state index is 4.40. The van der Waals surface area contributed by atoms with Crippen LogP contribution in [-0.4, -0.2) is 4.98 Å². The highest BCUT2D eigenvalue weighted by Gasteiger charge is 2.16. The zero-order chi connectivity index (χ0) is 11.2. The molecule has 0 saturated heterocycles. The Bertz CT molecular complexity index is 602. The highest BCUT2D eigenvalue weighted by molar-refractivity contribution is 7.19. The molecule has 2 heteroatoms. The lowest BCUT2D eigenvalue weighted by atomic mass is 9.93. The van der Waals surface area contributed by atoms with Gasteiger partial charge in [-0.05, 0) is 18.2 Å². The van der Waals surface area contributed by atoms with Gasteiger partial charge in [0.25, 0.3) is 0 Å². The van der Waals surface area contributed by atoms with Crippen LogP contribution in [0.2, 0.25) is 0 Å². The van der Waals surface area contributed by atoms with Gasteiger partial charge in [-0.25, -0.2) is 4.98 Å². The van der Waals surface area contributed by atoms with Gasteiger partial charge >= 0.3 is 0 Å². The third-order valence-corrected chi connectivity index (χ3v) is 3.97. The van der Waals surface area contributed by atoms with Gasteiger partial charge in [0, 0.05) is 27.4 Å². The van der Waals surface area contributed by atoms with E-state index in [4.69, 9.17) is 0 Å². The molecule has 16 heavy (non-hydrogen) atoms. The minimum Gasteiger partial charge on any atom is -0.245 e. The van der Waals surface area contributed by atoms with E-state index in [0.29, 0.717) is 0 Å². The van der Waals surface area contributed by atoms with Crippen LogP contribution >= 0.6 is 11.3 Å². The average molecular weight is 227 g/mol. The first-order chi connectivity index (χ1) is 7.66. The van der Waals surface area contributed by atoms with E-state index in [0.717, 1.165) is 4.83 Å². The first-order valence-corrected chi connectivity index (χ1v) is 6.23. The Balaban J connectivity index is 2.30. The fraction of sp³-hybridized carbons (Fsp3) is 0.214. The fourth-order valence-electron chi connectivity index (χ4n) is 1.91. The van der Waals surface area contributed by atoms with E-state index in [-0.39, 0.29) is 5.41 Å². The molecule has 0 bridgehead atoms. The monoisotopic (exact) mass is 227 g/mol. The van der Waals surface area contributed by atoms with E-state index < -0.39 is 0 Å². The summed E-state index contributed by atoms with van der Waals surface area (Å²) in [5.74, 6) is 0. The van der Waals surface area contributed by atoms with Crippen molar-refractivity contribution < 1.29 is 0 Å². The summed E-state index contributed by atoms with van der Waals surface area (Å²) in [5.41, 5.74) is 1.46. The lowest BCUT2D eigenvalue weighted by Crippen LogP contribution is -2.00. The minimum atomic E-state index is 0.146. The smallest absolute Gasteiger partial charge is 0.124 e. The Morgan fingerprint density at radius 3 is 2.88 bits per heavy atom. The van der Waals surface area contributed by atoms with Crippen LogP contribution in [0, 0.1) is 5.41 Å². The first kappa shape index (κ1) is 9.79. The lowest BCUT2D eigenvalue weighted by Gasteiger charge is -2.12. The number of aromatic nitrogens is 1. The summed E-state index contributed by atoms with van der Waals surface area (Å²) >= 11 is 1.76. The largest absolute Gasteiger partial charge is 0.245 e. The molecule has 2 aromatic heterocycles. The van der Waals surface area contributed by atoms with Gasteiger partial charge in [0.15, 0.2) is 0 Å². The van der Waals surface area contributed by atoms with E-state index in [1.54, 1.807) is 11.3 Å². The molecule has 0 N–H and O–H groups in total. The second kappa shape index (κ2) is 3.29. The molecule has 3 rings (SSSR count). The Morgan fingerprint density at radius 1 is 1.19 bits per heavy atom. The van der Waals surface area contributed by atoms with Crippen molar-refractivity contribution in [2.75, 3.05) is 0 Å². The molecule has 0 spiro atoms. The van der Waals surface area contributed by atoms with Gasteiger partial charge in [-0.1, -0.05) is 32.1 Å². The van der Waals surface area contributed by atoms with Gasteiger partial charge in [0.1, 0.15) is 4.83 Å². The molecule has 1 nitrogen and oxygen atoms in total. The van der Waals surface area contributed by atoms with Crippen LogP contribution in [0.3, 0.4) is 0 Å². The molecular formula is C14H13NS. The second-order valence-corrected chi connectivity index (χ2v) is 5.75. The molecule has 2 aromatic rings. The zero-order valence-electron chi connectivity index (χ0n) is 9.40. The molecule has 0 fully saturated rings. The van der Waals surface area contributed by atoms with Gasteiger partial charge in [-0.2, -0.15) is 0 Å². The molecular weight excluding hydrogens is 214 g/mol. The number of hydrogen-bond donors (Lipinski definition) is 0. The normalized spacial score (nSPS) is 17.4. The summed E-state index contributed by atoms with van der Waals surface area (Å²) < 4.78 is 0. The maximum Gasteiger partial charge on any atom is 0.124 e. The molecule has 1 aliphatic rings. The van der Waals surface area contributed by atoms with Crippen LogP contribution in [0.25, 0.3) is 22.4 Å². The van der Waals surface area contributed by atoms with Gasteiger partial charge in [0.05, 0.1) is 0 Å². The molecule has 0 radical (unpaired) electrons. The summed E-state index contributed by atoms with van der Waals surface area (Å²) in [5, 5.41) is 1.26. The summed E-state index contributed by atoms with van der Waals surface area (Å²) in [7, 11) is 0. The van der Waals surface area contributed by atoms with E-state index >= 15 is 0 Å². The molecule has 0 unspecified atom stereocenters. The van der Waals surface area contributed by atoms with Crippen LogP contribution in [0.1, 0.15) is 24.3 Å². The van der Waals surface area contributed by atoms with Crippen LogP contribution in [-0.2, 0) is 0 Å². The number of fused-ring (bicyclic) bond motifs is 3. The SMILES string of the molecule is CC1(C)C=Cc2sc3ncccc3c2C=C1. The lowest BCUT2D eigenvalue weighted by molar-refractivity contribution is 0.633. The molecule has 0 aromatic carbocycles. The van der Waals surface area contributed by atoms with E-state index in [1.807, 2.05) is 12.3 Å². The van der Waals surface area contributed by atoms with Crippen LogP contribution in [0.15, 0.2) is 30.5 Å². The molecule has 0 saturated carbocycles. The zero-order valence-corrected chi connectivity index (χ0v) is 10.2. The van der Waals surface area contributed by atoms with Crippen LogP contribution < -0.4 is 0 Å². The van der Waals surface area contributed by atoms with Crippen LogP contribution in [0.5, 0.6) is 0 Å². The highest BCUT2D eigenvalue weighted by atomic mass is 32.1. The summed E-state index contributed by atoms with van der Waals surface area (Å²) in [4.78, 5) is 6.85. The number of thiophene rings is 1. The Morgan fingerprint density at radius 2 is 2.00 bits per heavy atom. The minimum absolute atomic E-state index is 0.146. The number of allylic oxidation sites excluding steroid dienone is 2. The van der Waals surface area contributed by atoms with Crippen molar-refractivity contribution in [2.24, 2.45) is 5.41 Å². The quantitative estimate of drug-likeness (QED) is 0.651. The first-order valence-electron chi connectivity index (χ1n) is 5.42. The van der Waals surface area contributed by atoms with E-state index in [9.17, 15) is 0 Å². The van der Waals surface area contributed by atoms with Crippen molar-refractivity contribution >= 4 is 33.7 Å². The summed E-state index contributed by atoms with van der Waals surface area (Å²) in [6, 6.07) is 4.15. The third kappa shape index (κ3) is 1.50. The standard InChI is InChI=1S/C14H13NS/c1-14(2)7-5-10-11-4-3-9-15-13(11)16-12(10)6-8-14/h3-9H,1-2H3. The fourth-order valence-corrected chi connectivity index (χ4v) is 2.94. The van der Waals surface area contributed by atoms with Crippen molar-refractivity contribution in [3.8, 4) is 0 Å². The Kier molecular flexibility index (Phi) is 2.01. The van der Waals surface area contributed by atoms with Crippen LogP contribution in [0.4, 0.5) is 0 Å². The number of hydrogen-bond acceptors (Lipinski definition) is 2.